The fraction of sp³-hybridized carbons (Fsp3) is 0.238. The van der Waals surface area contributed by atoms with Crippen LogP contribution in [0.4, 0.5) is 26.4 Å². The van der Waals surface area contributed by atoms with Crippen molar-refractivity contribution in [3.8, 4) is 11.6 Å². The number of nitrogen functional groups attached to an aromatic ring is 1. The smallest absolute Gasteiger partial charge is 0.414 e. The third-order valence-corrected chi connectivity index (χ3v) is 3.93. The second-order valence-corrected chi connectivity index (χ2v) is 6.25. The number of nitrogens with zero attached hydrogens (tertiary/aromatic N) is 3. The van der Waals surface area contributed by atoms with Gasteiger partial charge in [-0.25, -0.2) is 9.18 Å². The van der Waals surface area contributed by atoms with Crippen molar-refractivity contribution < 1.29 is 28.3 Å². The van der Waals surface area contributed by atoms with Gasteiger partial charge in [0, 0.05) is 12.1 Å². The molecular weight excluding hydrogens is 423 g/mol. The van der Waals surface area contributed by atoms with Gasteiger partial charge in [0.25, 0.3) is 0 Å². The number of benzene rings is 1. The van der Waals surface area contributed by atoms with Gasteiger partial charge in [-0.15, -0.1) is 0 Å². The number of aromatic nitrogens is 1. The summed E-state index contributed by atoms with van der Waals surface area (Å²) in [5, 5.41) is 11.7. The molecule has 0 saturated heterocycles. The van der Waals surface area contributed by atoms with E-state index in [9.17, 15) is 19.3 Å². The Kier molecular flexibility index (Phi) is 8.52. The van der Waals surface area contributed by atoms with Crippen molar-refractivity contribution in [2.45, 2.75) is 13.5 Å². The van der Waals surface area contributed by atoms with Crippen molar-refractivity contribution in [3.63, 3.8) is 0 Å². The van der Waals surface area contributed by atoms with Crippen molar-refractivity contribution in [2.24, 2.45) is 0 Å². The Morgan fingerprint density at radius 2 is 1.94 bits per heavy atom. The zero-order chi connectivity index (χ0) is 23.7. The third-order valence-electron chi connectivity index (χ3n) is 3.93. The molecule has 0 spiro atoms. The first-order chi connectivity index (χ1) is 15.3. The zero-order valence-corrected chi connectivity index (χ0v) is 17.5. The fourth-order valence-corrected chi connectivity index (χ4v) is 2.71. The summed E-state index contributed by atoms with van der Waals surface area (Å²) in [6.07, 6.45) is 2.02. The number of carbonyl (C=O) groups is 1. The number of ether oxygens (including phenoxy) is 3. The summed E-state index contributed by atoms with van der Waals surface area (Å²) >= 11 is 0. The van der Waals surface area contributed by atoms with Gasteiger partial charge in [-0.3, -0.25) is 15.0 Å². The number of rotatable bonds is 11. The van der Waals surface area contributed by atoms with Crippen LogP contribution in [0.3, 0.4) is 0 Å². The molecule has 170 valence electrons. The summed E-state index contributed by atoms with van der Waals surface area (Å²) in [5.41, 5.74) is 5.22. The second-order valence-electron chi connectivity index (χ2n) is 6.25. The quantitative estimate of drug-likeness (QED) is 0.311. The molecule has 0 fully saturated rings. The van der Waals surface area contributed by atoms with E-state index in [1.54, 1.807) is 6.92 Å². The van der Waals surface area contributed by atoms with E-state index in [1.165, 1.54) is 30.4 Å². The summed E-state index contributed by atoms with van der Waals surface area (Å²) in [5.74, 6) is -0.951. The predicted molar refractivity (Wildman–Crippen MR) is 116 cm³/mol. The van der Waals surface area contributed by atoms with E-state index >= 15 is 0 Å². The minimum Gasteiger partial charge on any atom is -0.489 e. The molecule has 1 aromatic heterocycles. The van der Waals surface area contributed by atoms with Crippen molar-refractivity contribution in [1.82, 2.24) is 4.98 Å². The van der Waals surface area contributed by atoms with E-state index in [2.05, 4.69) is 18.1 Å². The largest absolute Gasteiger partial charge is 0.489 e. The van der Waals surface area contributed by atoms with E-state index in [-0.39, 0.29) is 49.2 Å². The molecule has 0 radical (unpaired) electrons. The number of nitro groups is 1. The van der Waals surface area contributed by atoms with Crippen LogP contribution in [0.5, 0.6) is 11.6 Å². The summed E-state index contributed by atoms with van der Waals surface area (Å²) in [7, 11) is 0. The number of halogens is 1. The number of anilines is 2. The molecule has 10 nitrogen and oxygen atoms in total. The van der Waals surface area contributed by atoms with Gasteiger partial charge in [0.15, 0.2) is 0 Å². The van der Waals surface area contributed by atoms with Crippen molar-refractivity contribution in [1.29, 1.82) is 0 Å². The second kappa shape index (κ2) is 11.3. The Morgan fingerprint density at radius 1 is 1.25 bits per heavy atom. The average molecular weight is 446 g/mol. The number of pyridine rings is 1. The van der Waals surface area contributed by atoms with Crippen LogP contribution < -0.4 is 20.1 Å². The normalized spacial score (nSPS) is 10.2. The highest BCUT2D eigenvalue weighted by atomic mass is 19.1. The summed E-state index contributed by atoms with van der Waals surface area (Å²) in [6.45, 7) is 8.53. The highest BCUT2D eigenvalue weighted by Gasteiger charge is 2.30. The summed E-state index contributed by atoms with van der Waals surface area (Å²) < 4.78 is 29.9. The maximum absolute atomic E-state index is 14.1. The van der Waals surface area contributed by atoms with Crippen LogP contribution in [0.1, 0.15) is 12.5 Å². The van der Waals surface area contributed by atoms with Gasteiger partial charge in [0.05, 0.1) is 18.1 Å². The molecule has 1 aromatic carbocycles. The first-order valence-corrected chi connectivity index (χ1v) is 9.46. The number of hydrogen-bond acceptors (Lipinski definition) is 8. The Balaban J connectivity index is 2.58. The molecule has 0 saturated carbocycles. The highest BCUT2D eigenvalue weighted by molar-refractivity contribution is 5.92. The van der Waals surface area contributed by atoms with E-state index < -0.39 is 28.3 Å². The van der Waals surface area contributed by atoms with Crippen LogP contribution in [0.2, 0.25) is 0 Å². The molecule has 2 rings (SSSR count). The van der Waals surface area contributed by atoms with Crippen LogP contribution in [-0.4, -0.2) is 35.8 Å². The Morgan fingerprint density at radius 3 is 2.56 bits per heavy atom. The Labute approximate surface area is 183 Å². The van der Waals surface area contributed by atoms with E-state index in [0.29, 0.717) is 0 Å². The van der Waals surface area contributed by atoms with Crippen LogP contribution in [0, 0.1) is 15.9 Å². The van der Waals surface area contributed by atoms with Gasteiger partial charge in [-0.1, -0.05) is 25.3 Å². The molecule has 0 atom stereocenters. The molecule has 2 aromatic rings. The van der Waals surface area contributed by atoms with Crippen molar-refractivity contribution >= 4 is 23.3 Å². The van der Waals surface area contributed by atoms with Crippen LogP contribution in [0.15, 0.2) is 49.6 Å². The van der Waals surface area contributed by atoms with Gasteiger partial charge in [-0.05, 0) is 24.6 Å². The molecule has 2 N–H and O–H groups in total. The third kappa shape index (κ3) is 6.17. The van der Waals surface area contributed by atoms with Crippen LogP contribution in [0.25, 0.3) is 0 Å². The van der Waals surface area contributed by atoms with Gasteiger partial charge < -0.3 is 19.9 Å². The fourth-order valence-electron chi connectivity index (χ4n) is 2.71. The van der Waals surface area contributed by atoms with Gasteiger partial charge in [0.1, 0.15) is 30.5 Å². The highest BCUT2D eigenvalue weighted by Crippen LogP contribution is 2.37. The average Bonchev–Trinajstić information content (AvgIpc) is 2.73. The molecular formula is C21H23FN4O6. The molecule has 32 heavy (non-hydrogen) atoms. The Bertz CT molecular complexity index is 1010. The number of carbonyl (C=O) groups excluding carboxylic acids is 1. The lowest BCUT2D eigenvalue weighted by Gasteiger charge is -2.23. The summed E-state index contributed by atoms with van der Waals surface area (Å²) in [6, 6.07) is 5.00. The van der Waals surface area contributed by atoms with E-state index in [0.717, 1.165) is 11.0 Å². The first-order valence-electron chi connectivity index (χ1n) is 9.46. The first kappa shape index (κ1) is 24.1. The number of amides is 1. The van der Waals surface area contributed by atoms with Crippen molar-refractivity contribution in [2.75, 3.05) is 30.5 Å². The molecule has 0 bridgehead atoms. The number of nitrogens with two attached hydrogens (primary N) is 1. The lowest BCUT2D eigenvalue weighted by molar-refractivity contribution is -0.383. The SMILES string of the molecule is C=CCOc1cc(F)cc(CN(C(=O)OCC)c2cc(OCC=C)nc(N)c2[N+](=O)[O-])c1. The molecule has 11 heteroatoms. The molecule has 1 amide bonds. The maximum Gasteiger partial charge on any atom is 0.414 e. The van der Waals surface area contributed by atoms with Crippen LogP contribution >= 0.6 is 0 Å². The molecule has 0 aliphatic carbocycles. The van der Waals surface area contributed by atoms with E-state index in [4.69, 9.17) is 19.9 Å². The Hall–Kier alpha value is -4.15. The summed E-state index contributed by atoms with van der Waals surface area (Å²) in [4.78, 5) is 28.4. The topological polar surface area (TPSA) is 130 Å². The predicted octanol–water partition coefficient (Wildman–Crippen LogP) is 4.00. The zero-order valence-electron chi connectivity index (χ0n) is 17.5. The maximum atomic E-state index is 14.1. The molecule has 0 aliphatic heterocycles. The van der Waals surface area contributed by atoms with Gasteiger partial charge >= 0.3 is 11.8 Å². The number of hydrogen-bond donors (Lipinski definition) is 1. The monoisotopic (exact) mass is 446 g/mol. The van der Waals surface area contributed by atoms with E-state index in [1.807, 2.05) is 0 Å². The lowest BCUT2D eigenvalue weighted by atomic mass is 10.1. The van der Waals surface area contributed by atoms with Gasteiger partial charge in [-0.2, -0.15) is 4.98 Å². The minimum absolute atomic E-state index is 0.000362. The minimum atomic E-state index is -0.909. The molecule has 0 unspecified atom stereocenters. The molecule has 1 heterocycles. The van der Waals surface area contributed by atoms with Crippen molar-refractivity contribution in [3.05, 3.63) is 71.1 Å². The van der Waals surface area contributed by atoms with Crippen LogP contribution in [-0.2, 0) is 11.3 Å². The lowest BCUT2D eigenvalue weighted by Crippen LogP contribution is -2.32. The standard InChI is InChI=1S/C21H23FN4O6/c1-4-7-31-16-10-14(9-15(22)11-16)13-25(21(27)30-6-3)17-12-18(32-8-5-2)24-20(23)19(17)26(28)29/h4-5,9-12H,1-2,6-8,13H2,3H3,(H2,23,24). The van der Waals surface area contributed by atoms with Gasteiger partial charge in [0.2, 0.25) is 11.7 Å². The molecule has 0 aliphatic rings.